The molecule has 0 amide bonds. The molecule has 3 nitrogen and oxygen atoms in total. The third-order valence-electron chi connectivity index (χ3n) is 3.28. The molecule has 3 aromatic rings. The van der Waals surface area contributed by atoms with Gasteiger partial charge < -0.3 is 10.3 Å². The van der Waals surface area contributed by atoms with Gasteiger partial charge in [-0.3, -0.25) is 0 Å². The Morgan fingerprint density at radius 3 is 2.62 bits per heavy atom. The number of nitrogens with two attached hydrogens (primary N) is 1. The van der Waals surface area contributed by atoms with Crippen molar-refractivity contribution >= 4 is 5.88 Å². The Balaban J connectivity index is 2.24. The van der Waals surface area contributed by atoms with E-state index in [4.69, 9.17) is 10.3 Å². The maximum Gasteiger partial charge on any atom is 0.230 e. The van der Waals surface area contributed by atoms with Gasteiger partial charge in [0.2, 0.25) is 5.88 Å². The van der Waals surface area contributed by atoms with Gasteiger partial charge in [0, 0.05) is 5.56 Å². The third kappa shape index (κ3) is 2.27. The Hall–Kier alpha value is -2.69. The normalized spacial score (nSPS) is 10.8. The Morgan fingerprint density at radius 2 is 1.86 bits per heavy atom. The van der Waals surface area contributed by atoms with Gasteiger partial charge >= 0.3 is 0 Å². The van der Waals surface area contributed by atoms with Gasteiger partial charge in [0.25, 0.3) is 0 Å². The van der Waals surface area contributed by atoms with E-state index in [1.54, 1.807) is 37.3 Å². The van der Waals surface area contributed by atoms with E-state index in [0.29, 0.717) is 16.7 Å². The summed E-state index contributed by atoms with van der Waals surface area (Å²) in [5, 5.41) is 3.83. The Labute approximate surface area is 120 Å². The molecule has 3 rings (SSSR count). The van der Waals surface area contributed by atoms with E-state index in [0.717, 1.165) is 0 Å². The van der Waals surface area contributed by atoms with Crippen LogP contribution < -0.4 is 5.73 Å². The first-order valence-corrected chi connectivity index (χ1v) is 6.34. The summed E-state index contributed by atoms with van der Waals surface area (Å²) >= 11 is 0. The van der Waals surface area contributed by atoms with E-state index in [-0.39, 0.29) is 17.1 Å². The van der Waals surface area contributed by atoms with Crippen LogP contribution in [-0.4, -0.2) is 5.16 Å². The van der Waals surface area contributed by atoms with Crippen LogP contribution in [0.4, 0.5) is 14.7 Å². The number of benzene rings is 2. The highest BCUT2D eigenvalue weighted by molar-refractivity contribution is 5.87. The molecule has 106 valence electrons. The SMILES string of the molecule is Cc1cccc(-c2noc(N)c2-c2cccc(F)c2)c1F. The highest BCUT2D eigenvalue weighted by Gasteiger charge is 2.20. The standard InChI is InChI=1S/C16H12F2N2O/c1-9-4-2-7-12(14(9)18)15-13(16(19)21-20-15)10-5-3-6-11(17)8-10/h2-8H,19H2,1H3. The van der Waals surface area contributed by atoms with Crippen LogP contribution in [0.25, 0.3) is 22.4 Å². The highest BCUT2D eigenvalue weighted by atomic mass is 19.1. The average Bonchev–Trinajstić information content (AvgIpc) is 2.83. The van der Waals surface area contributed by atoms with Crippen molar-refractivity contribution in [3.63, 3.8) is 0 Å². The zero-order valence-electron chi connectivity index (χ0n) is 11.2. The van der Waals surface area contributed by atoms with Gasteiger partial charge in [0.1, 0.15) is 17.3 Å². The molecule has 0 bridgehead atoms. The number of aryl methyl sites for hydroxylation is 1. The molecule has 0 spiro atoms. The van der Waals surface area contributed by atoms with Gasteiger partial charge in [-0.2, -0.15) is 0 Å². The molecule has 5 heteroatoms. The number of rotatable bonds is 2. The summed E-state index contributed by atoms with van der Waals surface area (Å²) in [6.07, 6.45) is 0. The molecule has 0 fully saturated rings. The Kier molecular flexibility index (Phi) is 3.17. The van der Waals surface area contributed by atoms with E-state index in [9.17, 15) is 8.78 Å². The molecule has 1 heterocycles. The van der Waals surface area contributed by atoms with Crippen LogP contribution in [0.2, 0.25) is 0 Å². The van der Waals surface area contributed by atoms with E-state index in [1.165, 1.54) is 12.1 Å². The van der Waals surface area contributed by atoms with Gasteiger partial charge in [0.15, 0.2) is 0 Å². The summed E-state index contributed by atoms with van der Waals surface area (Å²) < 4.78 is 32.7. The second kappa shape index (κ2) is 5.01. The molecule has 0 unspecified atom stereocenters. The van der Waals surface area contributed by atoms with Crippen LogP contribution in [0.1, 0.15) is 5.56 Å². The van der Waals surface area contributed by atoms with E-state index in [1.807, 2.05) is 0 Å². The van der Waals surface area contributed by atoms with Gasteiger partial charge in [-0.15, -0.1) is 0 Å². The molecule has 0 saturated heterocycles. The summed E-state index contributed by atoms with van der Waals surface area (Å²) in [6, 6.07) is 10.8. The monoisotopic (exact) mass is 286 g/mol. The molecule has 0 aliphatic heterocycles. The topological polar surface area (TPSA) is 52.0 Å². The Bertz CT molecular complexity index is 812. The van der Waals surface area contributed by atoms with Crippen molar-refractivity contribution in [2.75, 3.05) is 5.73 Å². The summed E-state index contributed by atoms with van der Waals surface area (Å²) in [5.41, 5.74) is 7.67. The van der Waals surface area contributed by atoms with Crippen molar-refractivity contribution < 1.29 is 13.3 Å². The van der Waals surface area contributed by atoms with Crippen molar-refractivity contribution in [1.82, 2.24) is 5.16 Å². The highest BCUT2D eigenvalue weighted by Crippen LogP contribution is 2.37. The minimum atomic E-state index is -0.413. The average molecular weight is 286 g/mol. The lowest BCUT2D eigenvalue weighted by molar-refractivity contribution is 0.439. The first-order valence-electron chi connectivity index (χ1n) is 6.34. The molecule has 21 heavy (non-hydrogen) atoms. The van der Waals surface area contributed by atoms with Crippen LogP contribution in [-0.2, 0) is 0 Å². The predicted molar refractivity (Wildman–Crippen MR) is 76.4 cm³/mol. The molecule has 1 aromatic heterocycles. The quantitative estimate of drug-likeness (QED) is 0.769. The molecule has 0 aliphatic rings. The number of halogens is 2. The number of nitrogens with zero attached hydrogens (tertiary/aromatic N) is 1. The molecule has 0 radical (unpaired) electrons. The van der Waals surface area contributed by atoms with Crippen molar-refractivity contribution in [2.45, 2.75) is 6.92 Å². The lowest BCUT2D eigenvalue weighted by Crippen LogP contribution is -1.92. The van der Waals surface area contributed by atoms with Crippen LogP contribution >= 0.6 is 0 Å². The van der Waals surface area contributed by atoms with Crippen LogP contribution in [0, 0.1) is 18.6 Å². The fourth-order valence-electron chi connectivity index (χ4n) is 2.24. The molecular weight excluding hydrogens is 274 g/mol. The number of aromatic nitrogens is 1. The van der Waals surface area contributed by atoms with Gasteiger partial charge in [-0.05, 0) is 36.2 Å². The molecule has 0 aliphatic carbocycles. The maximum absolute atomic E-state index is 14.3. The molecule has 2 N–H and O–H groups in total. The van der Waals surface area contributed by atoms with Crippen molar-refractivity contribution in [3.05, 3.63) is 59.7 Å². The minimum absolute atomic E-state index is 0.0245. The first kappa shape index (κ1) is 13.3. The summed E-state index contributed by atoms with van der Waals surface area (Å²) in [5.74, 6) is -0.788. The number of hydrogen-bond donors (Lipinski definition) is 1. The van der Waals surface area contributed by atoms with Gasteiger partial charge in [-0.1, -0.05) is 29.4 Å². The molecule has 2 aromatic carbocycles. The van der Waals surface area contributed by atoms with Crippen LogP contribution in [0.15, 0.2) is 47.0 Å². The molecular formula is C16H12F2N2O. The van der Waals surface area contributed by atoms with Crippen LogP contribution in [0.3, 0.4) is 0 Å². The molecule has 0 saturated carbocycles. The number of anilines is 1. The van der Waals surface area contributed by atoms with Gasteiger partial charge in [0.05, 0.1) is 5.56 Å². The number of hydrogen-bond acceptors (Lipinski definition) is 3. The summed E-state index contributed by atoms with van der Waals surface area (Å²) in [6.45, 7) is 1.66. The second-order valence-electron chi connectivity index (χ2n) is 4.72. The Morgan fingerprint density at radius 1 is 1.10 bits per heavy atom. The van der Waals surface area contributed by atoms with E-state index < -0.39 is 11.6 Å². The predicted octanol–water partition coefficient (Wildman–Crippen LogP) is 4.18. The van der Waals surface area contributed by atoms with E-state index in [2.05, 4.69) is 5.16 Å². The van der Waals surface area contributed by atoms with E-state index >= 15 is 0 Å². The third-order valence-corrected chi connectivity index (χ3v) is 3.28. The van der Waals surface area contributed by atoms with Crippen molar-refractivity contribution in [3.8, 4) is 22.4 Å². The van der Waals surface area contributed by atoms with Crippen molar-refractivity contribution in [1.29, 1.82) is 0 Å². The smallest absolute Gasteiger partial charge is 0.230 e. The zero-order chi connectivity index (χ0) is 15.0. The largest absolute Gasteiger partial charge is 0.367 e. The fraction of sp³-hybridized carbons (Fsp3) is 0.0625. The van der Waals surface area contributed by atoms with Crippen LogP contribution in [0.5, 0.6) is 0 Å². The van der Waals surface area contributed by atoms with Crippen molar-refractivity contribution in [2.24, 2.45) is 0 Å². The minimum Gasteiger partial charge on any atom is -0.367 e. The summed E-state index contributed by atoms with van der Waals surface area (Å²) in [4.78, 5) is 0. The zero-order valence-corrected chi connectivity index (χ0v) is 11.2. The first-order chi connectivity index (χ1) is 10.1. The molecule has 0 atom stereocenters. The van der Waals surface area contributed by atoms with Gasteiger partial charge in [-0.25, -0.2) is 8.78 Å². The second-order valence-corrected chi connectivity index (χ2v) is 4.72. The lowest BCUT2D eigenvalue weighted by Gasteiger charge is -2.05. The lowest BCUT2D eigenvalue weighted by atomic mass is 9.99. The fourth-order valence-corrected chi connectivity index (χ4v) is 2.24. The number of nitrogen functional groups attached to an aromatic ring is 1. The maximum atomic E-state index is 14.3. The summed E-state index contributed by atoms with van der Waals surface area (Å²) in [7, 11) is 0.